The SMILES string of the molecule is CC1CCC(Cc2ccc(F)c([C@@]3(C)N=C(N)N(C)C(=O)C3(C)C)c2)C1. The lowest BCUT2D eigenvalue weighted by molar-refractivity contribution is -0.140. The predicted octanol–water partition coefficient (Wildman–Crippen LogP) is 3.83. The van der Waals surface area contributed by atoms with Crippen LogP contribution < -0.4 is 5.73 Å². The molecule has 0 saturated heterocycles. The van der Waals surface area contributed by atoms with Gasteiger partial charge in [-0.15, -0.1) is 0 Å². The van der Waals surface area contributed by atoms with Gasteiger partial charge in [0, 0.05) is 12.6 Å². The molecule has 0 radical (unpaired) electrons. The van der Waals surface area contributed by atoms with Crippen molar-refractivity contribution in [2.75, 3.05) is 7.05 Å². The Balaban J connectivity index is 2.02. The van der Waals surface area contributed by atoms with Crippen molar-refractivity contribution in [2.24, 2.45) is 28.0 Å². The maximum absolute atomic E-state index is 14.8. The second-order valence-corrected chi connectivity index (χ2v) is 8.83. The Morgan fingerprint density at radius 2 is 2.00 bits per heavy atom. The number of nitrogens with two attached hydrogens (primary N) is 1. The molecule has 1 amide bonds. The van der Waals surface area contributed by atoms with Gasteiger partial charge in [0.1, 0.15) is 11.4 Å². The Bertz CT molecular complexity index is 758. The normalized spacial score (nSPS) is 31.2. The maximum atomic E-state index is 14.8. The summed E-state index contributed by atoms with van der Waals surface area (Å²) in [5.74, 6) is 1.07. The van der Waals surface area contributed by atoms with E-state index in [-0.39, 0.29) is 17.7 Å². The first-order valence-electron chi connectivity index (χ1n) is 9.48. The molecular formula is C21H30FN3O. The molecule has 5 heteroatoms. The van der Waals surface area contributed by atoms with Crippen LogP contribution in [0.5, 0.6) is 0 Å². The van der Waals surface area contributed by atoms with Crippen LogP contribution in [0.2, 0.25) is 0 Å². The van der Waals surface area contributed by atoms with E-state index in [1.54, 1.807) is 7.05 Å². The Labute approximate surface area is 155 Å². The summed E-state index contributed by atoms with van der Waals surface area (Å²) in [6.07, 6.45) is 4.67. The molecule has 1 aliphatic carbocycles. The molecule has 1 aliphatic heterocycles. The third-order valence-electron chi connectivity index (χ3n) is 6.62. The molecule has 2 unspecified atom stereocenters. The van der Waals surface area contributed by atoms with Crippen LogP contribution in [0.15, 0.2) is 23.2 Å². The molecule has 4 nitrogen and oxygen atoms in total. The van der Waals surface area contributed by atoms with E-state index in [9.17, 15) is 9.18 Å². The van der Waals surface area contributed by atoms with Crippen LogP contribution in [0.25, 0.3) is 0 Å². The molecule has 0 bridgehead atoms. The number of rotatable bonds is 3. The summed E-state index contributed by atoms with van der Waals surface area (Å²) >= 11 is 0. The third kappa shape index (κ3) is 2.91. The highest BCUT2D eigenvalue weighted by molar-refractivity contribution is 6.01. The van der Waals surface area contributed by atoms with Crippen LogP contribution in [-0.2, 0) is 16.8 Å². The molecule has 1 heterocycles. The van der Waals surface area contributed by atoms with E-state index >= 15 is 0 Å². The number of halogens is 1. The topological polar surface area (TPSA) is 58.7 Å². The van der Waals surface area contributed by atoms with E-state index in [0.29, 0.717) is 11.5 Å². The van der Waals surface area contributed by atoms with Gasteiger partial charge in [0.05, 0.1) is 5.41 Å². The van der Waals surface area contributed by atoms with E-state index in [2.05, 4.69) is 11.9 Å². The summed E-state index contributed by atoms with van der Waals surface area (Å²) in [5.41, 5.74) is 5.60. The van der Waals surface area contributed by atoms with Crippen LogP contribution in [0.3, 0.4) is 0 Å². The van der Waals surface area contributed by atoms with E-state index in [0.717, 1.165) is 17.9 Å². The maximum Gasteiger partial charge on any atom is 0.237 e. The smallest absolute Gasteiger partial charge is 0.237 e. The van der Waals surface area contributed by atoms with Gasteiger partial charge in [-0.25, -0.2) is 9.38 Å². The van der Waals surface area contributed by atoms with Crippen molar-refractivity contribution in [3.63, 3.8) is 0 Å². The first-order valence-corrected chi connectivity index (χ1v) is 9.48. The van der Waals surface area contributed by atoms with Crippen LogP contribution in [0.1, 0.15) is 58.1 Å². The van der Waals surface area contributed by atoms with E-state index < -0.39 is 11.0 Å². The van der Waals surface area contributed by atoms with Gasteiger partial charge in [0.2, 0.25) is 5.91 Å². The van der Waals surface area contributed by atoms with Crippen molar-refractivity contribution < 1.29 is 9.18 Å². The number of carbonyl (C=O) groups excluding carboxylic acids is 1. The fourth-order valence-electron chi connectivity index (χ4n) is 4.49. The van der Waals surface area contributed by atoms with Crippen molar-refractivity contribution in [3.05, 3.63) is 35.1 Å². The van der Waals surface area contributed by atoms with Crippen molar-refractivity contribution in [3.8, 4) is 0 Å². The predicted molar refractivity (Wildman–Crippen MR) is 102 cm³/mol. The number of aliphatic imine (C=N–C) groups is 1. The summed E-state index contributed by atoms with van der Waals surface area (Å²) in [7, 11) is 1.61. The molecule has 1 aromatic rings. The van der Waals surface area contributed by atoms with Gasteiger partial charge < -0.3 is 5.73 Å². The number of nitrogens with zero attached hydrogens (tertiary/aromatic N) is 2. The summed E-state index contributed by atoms with van der Waals surface area (Å²) < 4.78 is 14.8. The van der Waals surface area contributed by atoms with E-state index in [1.807, 2.05) is 32.9 Å². The zero-order valence-electron chi connectivity index (χ0n) is 16.5. The van der Waals surface area contributed by atoms with Gasteiger partial charge >= 0.3 is 0 Å². The summed E-state index contributed by atoms with van der Waals surface area (Å²) in [6, 6.07) is 5.27. The molecule has 3 atom stereocenters. The molecule has 1 aromatic carbocycles. The number of benzene rings is 1. The lowest BCUT2D eigenvalue weighted by Gasteiger charge is -2.46. The second-order valence-electron chi connectivity index (χ2n) is 8.83. The molecule has 3 rings (SSSR count). The number of amides is 1. The molecule has 0 aromatic heterocycles. The zero-order chi connectivity index (χ0) is 19.3. The second kappa shape index (κ2) is 6.36. The molecule has 0 spiro atoms. The molecule has 142 valence electrons. The number of hydrogen-bond donors (Lipinski definition) is 1. The summed E-state index contributed by atoms with van der Waals surface area (Å²) in [4.78, 5) is 18.7. The molecular weight excluding hydrogens is 329 g/mol. The minimum Gasteiger partial charge on any atom is -0.369 e. The van der Waals surface area contributed by atoms with Crippen molar-refractivity contribution >= 4 is 11.9 Å². The lowest BCUT2D eigenvalue weighted by Crippen LogP contribution is -2.58. The molecule has 2 aliphatic rings. The van der Waals surface area contributed by atoms with Crippen LogP contribution in [0, 0.1) is 23.1 Å². The Morgan fingerprint density at radius 1 is 1.31 bits per heavy atom. The minimum atomic E-state index is -1.04. The Morgan fingerprint density at radius 3 is 2.62 bits per heavy atom. The highest BCUT2D eigenvalue weighted by Crippen LogP contribution is 2.47. The van der Waals surface area contributed by atoms with Gasteiger partial charge in [-0.2, -0.15) is 0 Å². The highest BCUT2D eigenvalue weighted by Gasteiger charge is 2.53. The van der Waals surface area contributed by atoms with Crippen molar-refractivity contribution in [2.45, 2.75) is 58.9 Å². The van der Waals surface area contributed by atoms with Gasteiger partial charge in [0.25, 0.3) is 0 Å². The first kappa shape index (κ1) is 18.9. The number of carbonyl (C=O) groups is 1. The first-order chi connectivity index (χ1) is 12.1. The van der Waals surface area contributed by atoms with Crippen molar-refractivity contribution in [1.82, 2.24) is 4.90 Å². The fraction of sp³-hybridized carbons (Fsp3) is 0.619. The van der Waals surface area contributed by atoms with E-state index in [1.165, 1.54) is 30.2 Å². The highest BCUT2D eigenvalue weighted by atomic mass is 19.1. The lowest BCUT2D eigenvalue weighted by atomic mass is 9.67. The number of guanidine groups is 1. The Hall–Kier alpha value is -1.91. The van der Waals surface area contributed by atoms with Crippen LogP contribution >= 0.6 is 0 Å². The standard InChI is InChI=1S/C21H30FN3O/c1-13-6-7-14(10-13)11-15-8-9-17(22)16(12-15)21(4)20(2,3)18(26)25(5)19(23)24-21/h8-9,12-14H,6-7,10-11H2,1-5H3,(H2,23,24)/t13?,14?,21-/m1/s1. The van der Waals surface area contributed by atoms with Crippen LogP contribution in [0.4, 0.5) is 4.39 Å². The molecule has 26 heavy (non-hydrogen) atoms. The van der Waals surface area contributed by atoms with Gasteiger partial charge in [-0.1, -0.05) is 25.5 Å². The Kier molecular flexibility index (Phi) is 4.62. The fourth-order valence-corrected chi connectivity index (χ4v) is 4.49. The van der Waals surface area contributed by atoms with Gasteiger partial charge in [-0.05, 0) is 63.5 Å². The van der Waals surface area contributed by atoms with Crippen LogP contribution in [-0.4, -0.2) is 23.8 Å². The van der Waals surface area contributed by atoms with Gasteiger partial charge in [-0.3, -0.25) is 9.69 Å². The minimum absolute atomic E-state index is 0.131. The monoisotopic (exact) mass is 359 g/mol. The third-order valence-corrected chi connectivity index (χ3v) is 6.62. The largest absolute Gasteiger partial charge is 0.369 e. The summed E-state index contributed by atoms with van der Waals surface area (Å²) in [6.45, 7) is 7.73. The molecule has 2 N–H and O–H groups in total. The number of hydrogen-bond acceptors (Lipinski definition) is 3. The van der Waals surface area contributed by atoms with Crippen molar-refractivity contribution in [1.29, 1.82) is 0 Å². The zero-order valence-corrected chi connectivity index (χ0v) is 16.5. The average molecular weight is 359 g/mol. The summed E-state index contributed by atoms with van der Waals surface area (Å²) in [5, 5.41) is 0. The molecule has 1 fully saturated rings. The average Bonchev–Trinajstić information content (AvgIpc) is 2.98. The van der Waals surface area contributed by atoms with Gasteiger partial charge in [0.15, 0.2) is 5.96 Å². The molecule has 1 saturated carbocycles. The quantitative estimate of drug-likeness (QED) is 0.891. The van der Waals surface area contributed by atoms with E-state index in [4.69, 9.17) is 5.73 Å².